The molecule has 1 heterocycles. The summed E-state index contributed by atoms with van der Waals surface area (Å²) in [6.45, 7) is 1.41. The molecule has 0 aliphatic carbocycles. The van der Waals surface area contributed by atoms with Crippen molar-refractivity contribution in [2.24, 2.45) is 0 Å². The van der Waals surface area contributed by atoms with Crippen LogP contribution in [0.5, 0.6) is 0 Å². The Bertz CT molecular complexity index is 345. The van der Waals surface area contributed by atoms with E-state index in [2.05, 4.69) is 15.7 Å². The van der Waals surface area contributed by atoms with Crippen LogP contribution in [0.25, 0.3) is 0 Å². The number of nitrogens with one attached hydrogen (secondary N) is 2. The first-order valence-corrected chi connectivity index (χ1v) is 5.69. The number of amides is 1. The van der Waals surface area contributed by atoms with Gasteiger partial charge in [0.1, 0.15) is 0 Å². The lowest BCUT2D eigenvalue weighted by molar-refractivity contribution is -0.906. The van der Waals surface area contributed by atoms with Crippen LogP contribution in [0, 0.1) is 0 Å². The SMILES string of the molecule is C[N+](C)(C)NC(=O)CCNCc1cccnc1. The fourth-order valence-electron chi connectivity index (χ4n) is 1.37. The van der Waals surface area contributed by atoms with Crippen molar-refractivity contribution >= 4 is 5.91 Å². The number of pyridine rings is 1. The quantitative estimate of drug-likeness (QED) is 0.425. The molecule has 0 fully saturated rings. The number of aromatic nitrogens is 1. The van der Waals surface area contributed by atoms with E-state index < -0.39 is 0 Å². The Morgan fingerprint density at radius 2 is 2.18 bits per heavy atom. The van der Waals surface area contributed by atoms with E-state index in [1.165, 1.54) is 0 Å². The summed E-state index contributed by atoms with van der Waals surface area (Å²) in [4.78, 5) is 15.5. The average Bonchev–Trinajstić information content (AvgIpc) is 2.23. The molecule has 1 rings (SSSR count). The highest BCUT2D eigenvalue weighted by Crippen LogP contribution is 1.94. The van der Waals surface area contributed by atoms with Gasteiger partial charge in [-0.25, -0.2) is 10.0 Å². The molecule has 94 valence electrons. The van der Waals surface area contributed by atoms with Crippen LogP contribution in [0.1, 0.15) is 12.0 Å². The van der Waals surface area contributed by atoms with E-state index in [-0.39, 0.29) is 5.91 Å². The summed E-state index contributed by atoms with van der Waals surface area (Å²) in [5.74, 6) is 0.0520. The molecule has 0 bridgehead atoms. The topological polar surface area (TPSA) is 54.0 Å². The summed E-state index contributed by atoms with van der Waals surface area (Å²) < 4.78 is 0.446. The maximum absolute atomic E-state index is 11.5. The van der Waals surface area contributed by atoms with Crippen LogP contribution < -0.4 is 10.7 Å². The summed E-state index contributed by atoms with van der Waals surface area (Å²) in [6, 6.07) is 3.91. The number of quaternary nitrogens is 1. The van der Waals surface area contributed by atoms with Crippen LogP contribution in [-0.2, 0) is 11.3 Å². The van der Waals surface area contributed by atoms with E-state index in [0.717, 1.165) is 12.1 Å². The molecule has 1 aromatic rings. The molecular formula is C12H21N4O+. The monoisotopic (exact) mass is 237 g/mol. The molecule has 0 saturated heterocycles. The van der Waals surface area contributed by atoms with Gasteiger partial charge in [-0.15, -0.1) is 0 Å². The van der Waals surface area contributed by atoms with Crippen LogP contribution in [0.2, 0.25) is 0 Å². The molecule has 1 amide bonds. The third-order valence-electron chi connectivity index (χ3n) is 2.04. The Morgan fingerprint density at radius 3 is 2.76 bits per heavy atom. The Kier molecular flexibility index (Phi) is 5.06. The fraction of sp³-hybridized carbons (Fsp3) is 0.500. The second-order valence-electron chi connectivity index (χ2n) is 4.84. The third kappa shape index (κ3) is 6.65. The zero-order valence-electron chi connectivity index (χ0n) is 10.7. The van der Waals surface area contributed by atoms with E-state index in [1.807, 2.05) is 39.5 Å². The minimum absolute atomic E-state index is 0.0520. The lowest BCUT2D eigenvalue weighted by Gasteiger charge is -2.23. The van der Waals surface area contributed by atoms with Crippen LogP contribution in [0.3, 0.4) is 0 Å². The first-order chi connectivity index (χ1) is 7.97. The molecule has 0 atom stereocenters. The Labute approximate surface area is 102 Å². The molecule has 0 saturated carbocycles. The molecule has 2 N–H and O–H groups in total. The van der Waals surface area contributed by atoms with Gasteiger partial charge in [-0.3, -0.25) is 9.78 Å². The van der Waals surface area contributed by atoms with E-state index in [9.17, 15) is 4.79 Å². The van der Waals surface area contributed by atoms with Gasteiger partial charge in [0.15, 0.2) is 0 Å². The number of hydrogen-bond acceptors (Lipinski definition) is 3. The molecule has 1 aromatic heterocycles. The maximum atomic E-state index is 11.5. The van der Waals surface area contributed by atoms with Crippen molar-refractivity contribution in [1.29, 1.82) is 0 Å². The fourth-order valence-corrected chi connectivity index (χ4v) is 1.37. The van der Waals surface area contributed by atoms with Gasteiger partial charge in [-0.2, -0.15) is 0 Å². The van der Waals surface area contributed by atoms with Crippen LogP contribution in [0.4, 0.5) is 0 Å². The minimum Gasteiger partial charge on any atom is -0.312 e. The van der Waals surface area contributed by atoms with E-state index >= 15 is 0 Å². The van der Waals surface area contributed by atoms with Crippen molar-refractivity contribution in [3.05, 3.63) is 30.1 Å². The highest BCUT2D eigenvalue weighted by Gasteiger charge is 2.11. The highest BCUT2D eigenvalue weighted by atomic mass is 16.2. The summed E-state index contributed by atoms with van der Waals surface area (Å²) in [5, 5.41) is 3.21. The number of nitrogens with zero attached hydrogens (tertiary/aromatic N) is 2. The van der Waals surface area contributed by atoms with Gasteiger partial charge in [-0.1, -0.05) is 6.07 Å². The minimum atomic E-state index is 0.0520. The van der Waals surface area contributed by atoms with Gasteiger partial charge in [0, 0.05) is 31.9 Å². The van der Waals surface area contributed by atoms with Crippen molar-refractivity contribution < 1.29 is 9.39 Å². The molecule has 0 spiro atoms. The summed E-state index contributed by atoms with van der Waals surface area (Å²) >= 11 is 0. The van der Waals surface area contributed by atoms with Crippen molar-refractivity contribution in [3.8, 4) is 0 Å². The Hall–Kier alpha value is -1.46. The normalized spacial score (nSPS) is 11.2. The third-order valence-corrected chi connectivity index (χ3v) is 2.04. The first kappa shape index (κ1) is 13.6. The Balaban J connectivity index is 2.14. The summed E-state index contributed by atoms with van der Waals surface area (Å²) in [5.41, 5.74) is 3.99. The molecule has 0 aromatic carbocycles. The van der Waals surface area contributed by atoms with E-state index in [1.54, 1.807) is 6.20 Å². The van der Waals surface area contributed by atoms with Crippen molar-refractivity contribution in [3.63, 3.8) is 0 Å². The second-order valence-corrected chi connectivity index (χ2v) is 4.84. The number of carbonyl (C=O) groups is 1. The molecule has 17 heavy (non-hydrogen) atoms. The van der Waals surface area contributed by atoms with Crippen molar-refractivity contribution in [1.82, 2.24) is 15.7 Å². The average molecular weight is 237 g/mol. The van der Waals surface area contributed by atoms with E-state index in [0.29, 0.717) is 17.6 Å². The lowest BCUT2D eigenvalue weighted by atomic mass is 10.3. The Morgan fingerprint density at radius 1 is 1.41 bits per heavy atom. The predicted molar refractivity (Wildman–Crippen MR) is 66.7 cm³/mol. The van der Waals surface area contributed by atoms with Gasteiger partial charge in [0.05, 0.1) is 21.1 Å². The molecule has 5 nitrogen and oxygen atoms in total. The maximum Gasteiger partial charge on any atom is 0.266 e. The number of carbonyl (C=O) groups excluding carboxylic acids is 1. The highest BCUT2D eigenvalue weighted by molar-refractivity contribution is 5.74. The molecule has 5 heteroatoms. The van der Waals surface area contributed by atoms with Crippen LogP contribution in [0.15, 0.2) is 24.5 Å². The van der Waals surface area contributed by atoms with E-state index in [4.69, 9.17) is 0 Å². The van der Waals surface area contributed by atoms with Gasteiger partial charge >= 0.3 is 0 Å². The van der Waals surface area contributed by atoms with Crippen LogP contribution in [-0.4, -0.2) is 43.2 Å². The largest absolute Gasteiger partial charge is 0.312 e. The zero-order chi connectivity index (χ0) is 12.7. The molecule has 0 unspecified atom stereocenters. The molecule has 0 radical (unpaired) electrons. The van der Waals surface area contributed by atoms with Gasteiger partial charge < -0.3 is 5.32 Å². The number of rotatable bonds is 6. The van der Waals surface area contributed by atoms with Crippen LogP contribution >= 0.6 is 0 Å². The standard InChI is InChI=1S/C12H20N4O/c1-16(2,3)15-12(17)6-8-14-10-11-5-4-7-13-9-11/h4-5,7,9,14H,6,8,10H2,1-3H3/p+1. The summed E-state index contributed by atoms with van der Waals surface area (Å²) in [7, 11) is 5.75. The van der Waals surface area contributed by atoms with Gasteiger partial charge in [-0.05, 0) is 11.6 Å². The second kappa shape index (κ2) is 6.32. The number of hydrogen-bond donors (Lipinski definition) is 2. The first-order valence-electron chi connectivity index (χ1n) is 5.69. The molecular weight excluding hydrogens is 216 g/mol. The smallest absolute Gasteiger partial charge is 0.266 e. The van der Waals surface area contributed by atoms with Crippen molar-refractivity contribution in [2.75, 3.05) is 27.7 Å². The predicted octanol–water partition coefficient (Wildman–Crippen LogP) is 0.299. The van der Waals surface area contributed by atoms with Crippen molar-refractivity contribution in [2.45, 2.75) is 13.0 Å². The molecule has 0 aliphatic heterocycles. The zero-order valence-corrected chi connectivity index (χ0v) is 10.7. The van der Waals surface area contributed by atoms with Gasteiger partial charge in [0.25, 0.3) is 5.91 Å². The molecule has 0 aliphatic rings. The lowest BCUT2D eigenvalue weighted by Crippen LogP contribution is -2.51. The summed E-state index contributed by atoms with van der Waals surface area (Å²) in [6.07, 6.45) is 4.05. The van der Waals surface area contributed by atoms with Gasteiger partial charge in [0.2, 0.25) is 0 Å².